The molecule has 1 saturated carbocycles. The van der Waals surface area contributed by atoms with Crippen LogP contribution in [0.15, 0.2) is 0 Å². The Morgan fingerprint density at radius 2 is 2.11 bits per heavy atom. The van der Waals surface area contributed by atoms with Crippen LogP contribution in [0.4, 0.5) is 13.2 Å². The van der Waals surface area contributed by atoms with Gasteiger partial charge in [-0.3, -0.25) is 10.1 Å². The van der Waals surface area contributed by atoms with Crippen LogP contribution in [0.5, 0.6) is 0 Å². The van der Waals surface area contributed by atoms with Crippen molar-refractivity contribution in [2.75, 3.05) is 13.7 Å². The molecule has 7 heteroatoms. The van der Waals surface area contributed by atoms with E-state index >= 15 is 0 Å². The molecule has 1 aliphatic rings. The molecule has 1 N–H and O–H groups in total. The Labute approximate surface area is 110 Å². The number of esters is 1. The number of rotatable bonds is 5. The molecule has 0 saturated heterocycles. The zero-order valence-electron chi connectivity index (χ0n) is 11.3. The van der Waals surface area contributed by atoms with E-state index in [2.05, 4.69) is 5.32 Å². The van der Waals surface area contributed by atoms with Crippen LogP contribution in [0.2, 0.25) is 0 Å². The zero-order valence-corrected chi connectivity index (χ0v) is 11.3. The number of ether oxygens (including phenoxy) is 2. The fourth-order valence-electron chi connectivity index (χ4n) is 2.48. The monoisotopic (exact) mass is 283 g/mol. The van der Waals surface area contributed by atoms with Crippen LogP contribution >= 0.6 is 0 Å². The number of carbonyl (C=O) groups excluding carboxylic acids is 1. The molecule has 2 unspecified atom stereocenters. The fourth-order valence-corrected chi connectivity index (χ4v) is 2.48. The highest BCUT2D eigenvalue weighted by molar-refractivity contribution is 5.81. The molecule has 4 nitrogen and oxygen atoms in total. The van der Waals surface area contributed by atoms with E-state index in [1.54, 1.807) is 0 Å². The second kappa shape index (κ2) is 6.09. The first kappa shape index (κ1) is 16.2. The number of alkyl halides is 3. The van der Waals surface area contributed by atoms with Crippen LogP contribution in [0.3, 0.4) is 0 Å². The molecule has 0 aromatic carbocycles. The lowest BCUT2D eigenvalue weighted by Gasteiger charge is -2.30. The lowest BCUT2D eigenvalue weighted by molar-refractivity contribution is -0.185. The summed E-state index contributed by atoms with van der Waals surface area (Å²) in [4.78, 5) is 11.9. The van der Waals surface area contributed by atoms with E-state index in [0.29, 0.717) is 12.8 Å². The summed E-state index contributed by atoms with van der Waals surface area (Å²) in [5.41, 5.74) is -0.931. The molecule has 0 aromatic rings. The topological polar surface area (TPSA) is 47.6 Å². The smallest absolute Gasteiger partial charge is 0.411 e. The van der Waals surface area contributed by atoms with Gasteiger partial charge in [0.2, 0.25) is 0 Å². The predicted molar refractivity (Wildman–Crippen MR) is 62.7 cm³/mol. The molecule has 0 spiro atoms. The minimum atomic E-state index is -4.35. The van der Waals surface area contributed by atoms with Gasteiger partial charge in [0.05, 0.1) is 13.2 Å². The summed E-state index contributed by atoms with van der Waals surface area (Å²) in [5, 5.41) is 3.10. The molecule has 0 bridgehead atoms. The summed E-state index contributed by atoms with van der Waals surface area (Å²) < 4.78 is 45.9. The molecular weight excluding hydrogens is 263 g/mol. The van der Waals surface area contributed by atoms with Crippen LogP contribution in [-0.4, -0.2) is 43.5 Å². The highest BCUT2D eigenvalue weighted by Gasteiger charge is 2.47. The van der Waals surface area contributed by atoms with Crippen molar-refractivity contribution >= 4 is 5.97 Å². The van der Waals surface area contributed by atoms with Crippen molar-refractivity contribution in [2.45, 2.75) is 57.0 Å². The predicted octanol–water partition coefficient (Wildman–Crippen LogP) is 2.03. The molecule has 0 radical (unpaired) electrons. The first-order valence-electron chi connectivity index (χ1n) is 6.23. The summed E-state index contributed by atoms with van der Waals surface area (Å²) in [6.45, 7) is 2.46. The second-order valence-corrected chi connectivity index (χ2v) is 5.16. The van der Waals surface area contributed by atoms with E-state index in [1.165, 1.54) is 7.11 Å². The summed E-state index contributed by atoms with van der Waals surface area (Å²) in [7, 11) is 1.27. The van der Waals surface area contributed by atoms with E-state index in [1.807, 2.05) is 13.8 Å². The molecule has 2 atom stereocenters. The van der Waals surface area contributed by atoms with Crippen LogP contribution in [0, 0.1) is 0 Å². The van der Waals surface area contributed by atoms with Crippen LogP contribution < -0.4 is 5.32 Å². The van der Waals surface area contributed by atoms with Crippen molar-refractivity contribution in [2.24, 2.45) is 0 Å². The van der Waals surface area contributed by atoms with Gasteiger partial charge < -0.3 is 9.47 Å². The van der Waals surface area contributed by atoms with Gasteiger partial charge in [-0.15, -0.1) is 0 Å². The summed E-state index contributed by atoms with van der Waals surface area (Å²) in [6, 6.07) is 0.0282. The van der Waals surface area contributed by atoms with Crippen molar-refractivity contribution in [3.8, 4) is 0 Å². The van der Waals surface area contributed by atoms with Gasteiger partial charge in [-0.25, -0.2) is 0 Å². The molecule has 19 heavy (non-hydrogen) atoms. The van der Waals surface area contributed by atoms with Gasteiger partial charge in [0.1, 0.15) is 12.1 Å². The van der Waals surface area contributed by atoms with E-state index in [-0.39, 0.29) is 12.5 Å². The third-order valence-electron chi connectivity index (χ3n) is 3.09. The lowest BCUT2D eigenvalue weighted by Crippen LogP contribution is -2.53. The van der Waals surface area contributed by atoms with E-state index < -0.39 is 30.4 Å². The van der Waals surface area contributed by atoms with Crippen molar-refractivity contribution in [3.05, 3.63) is 0 Å². The third kappa shape index (κ3) is 4.65. The molecule has 112 valence electrons. The van der Waals surface area contributed by atoms with Gasteiger partial charge in [0.25, 0.3) is 0 Å². The Balaban J connectivity index is 2.64. The molecule has 0 aromatic heterocycles. The van der Waals surface area contributed by atoms with Crippen LogP contribution in [0.25, 0.3) is 0 Å². The number of nitrogens with one attached hydrogen (secondary N) is 1. The number of hydrogen-bond acceptors (Lipinski definition) is 4. The zero-order chi connectivity index (χ0) is 14.7. The summed E-state index contributed by atoms with van der Waals surface area (Å²) in [5.74, 6) is -0.445. The first-order chi connectivity index (χ1) is 8.68. The number of hydrogen-bond donors (Lipinski definition) is 1. The average molecular weight is 283 g/mol. The summed E-state index contributed by atoms with van der Waals surface area (Å²) >= 11 is 0. The van der Waals surface area contributed by atoms with Gasteiger partial charge in [0, 0.05) is 12.5 Å². The molecular formula is C12H20F3NO3. The van der Waals surface area contributed by atoms with Gasteiger partial charge in [0.15, 0.2) is 0 Å². The Morgan fingerprint density at radius 1 is 1.47 bits per heavy atom. The Morgan fingerprint density at radius 3 is 2.58 bits per heavy atom. The quantitative estimate of drug-likeness (QED) is 0.784. The molecule has 0 amide bonds. The molecule has 1 fully saturated rings. The normalized spacial score (nSPS) is 27.8. The summed E-state index contributed by atoms with van der Waals surface area (Å²) in [6.07, 6.45) is -3.90. The third-order valence-corrected chi connectivity index (χ3v) is 3.09. The van der Waals surface area contributed by atoms with Crippen LogP contribution in [-0.2, 0) is 14.3 Å². The highest BCUT2D eigenvalue weighted by atomic mass is 19.4. The van der Waals surface area contributed by atoms with E-state index in [9.17, 15) is 18.0 Å². The minimum Gasteiger partial charge on any atom is -0.468 e. The van der Waals surface area contributed by atoms with Crippen molar-refractivity contribution in [1.29, 1.82) is 0 Å². The molecule has 0 heterocycles. The Hall–Kier alpha value is -0.820. The Kier molecular flexibility index (Phi) is 5.20. The maximum absolute atomic E-state index is 12.1. The van der Waals surface area contributed by atoms with Gasteiger partial charge in [-0.2, -0.15) is 13.2 Å². The lowest BCUT2D eigenvalue weighted by atomic mass is 9.96. The number of methoxy groups -OCH3 is 1. The number of carbonyl (C=O) groups is 1. The van der Waals surface area contributed by atoms with E-state index in [4.69, 9.17) is 9.47 Å². The number of halogens is 3. The maximum atomic E-state index is 12.1. The molecule has 0 aliphatic heterocycles. The van der Waals surface area contributed by atoms with Gasteiger partial charge >= 0.3 is 12.1 Å². The first-order valence-corrected chi connectivity index (χ1v) is 6.23. The van der Waals surface area contributed by atoms with Gasteiger partial charge in [-0.1, -0.05) is 0 Å². The largest absolute Gasteiger partial charge is 0.468 e. The standard InChI is InChI=1S/C12H20F3NO3/c1-8(2)16-11(10(17)18-3)5-4-9(6-11)19-7-12(13,14)15/h8-9,16H,4-7H2,1-3H3. The fraction of sp³-hybridized carbons (Fsp3) is 0.917. The minimum absolute atomic E-state index is 0.0282. The average Bonchev–Trinajstić information content (AvgIpc) is 2.68. The molecule has 1 aliphatic carbocycles. The highest BCUT2D eigenvalue weighted by Crippen LogP contribution is 2.34. The van der Waals surface area contributed by atoms with E-state index in [0.717, 1.165) is 0 Å². The van der Waals surface area contributed by atoms with Crippen molar-refractivity contribution < 1.29 is 27.4 Å². The van der Waals surface area contributed by atoms with Crippen LogP contribution in [0.1, 0.15) is 33.1 Å². The van der Waals surface area contributed by atoms with Crippen molar-refractivity contribution in [1.82, 2.24) is 5.32 Å². The van der Waals surface area contributed by atoms with Crippen molar-refractivity contribution in [3.63, 3.8) is 0 Å². The maximum Gasteiger partial charge on any atom is 0.411 e. The molecule has 1 rings (SSSR count). The second-order valence-electron chi connectivity index (χ2n) is 5.16. The van der Waals surface area contributed by atoms with Gasteiger partial charge in [-0.05, 0) is 26.7 Å². The SMILES string of the molecule is COC(=O)C1(NC(C)C)CCC(OCC(F)(F)F)C1. The Bertz CT molecular complexity index is 320.